The first-order chi connectivity index (χ1) is 13.3. The van der Waals surface area contributed by atoms with Gasteiger partial charge in [-0.3, -0.25) is 4.57 Å². The molecule has 0 radical (unpaired) electrons. The number of nitrogens with one attached hydrogen (secondary N) is 1. The van der Waals surface area contributed by atoms with Crippen molar-refractivity contribution in [1.29, 1.82) is 0 Å². The Morgan fingerprint density at radius 2 is 1.96 bits per heavy atom. The minimum Gasteiger partial charge on any atom is -0.496 e. The van der Waals surface area contributed by atoms with E-state index in [2.05, 4.69) is 15.5 Å². The summed E-state index contributed by atoms with van der Waals surface area (Å²) < 4.78 is 12.7. The number of nitrogens with zero attached hydrogens (tertiary/aromatic N) is 3. The van der Waals surface area contributed by atoms with Gasteiger partial charge in [0.05, 0.1) is 19.2 Å². The zero-order valence-electron chi connectivity index (χ0n) is 14.7. The number of alkyl carbamates (subject to hydrolysis) is 1. The number of aromatic nitrogens is 3. The van der Waals surface area contributed by atoms with E-state index in [1.807, 2.05) is 59.2 Å². The van der Waals surface area contributed by atoms with Crippen molar-refractivity contribution >= 4 is 17.9 Å². The van der Waals surface area contributed by atoms with Gasteiger partial charge < -0.3 is 14.8 Å². The topological polar surface area (TPSA) is 78.3 Å². The van der Waals surface area contributed by atoms with E-state index in [-0.39, 0.29) is 12.2 Å². The number of carbonyl (C=O) groups is 1. The fourth-order valence-corrected chi connectivity index (χ4v) is 3.81. The van der Waals surface area contributed by atoms with Crippen LogP contribution in [0.5, 0.6) is 5.75 Å². The highest BCUT2D eigenvalue weighted by molar-refractivity contribution is 7.99. The molecule has 0 saturated carbocycles. The molecular formula is C19H18N4O3S. The van der Waals surface area contributed by atoms with Gasteiger partial charge in [-0.1, -0.05) is 42.1 Å². The predicted molar refractivity (Wildman–Crippen MR) is 102 cm³/mol. The van der Waals surface area contributed by atoms with Crippen LogP contribution in [0.15, 0.2) is 59.8 Å². The molecule has 1 amide bonds. The van der Waals surface area contributed by atoms with Gasteiger partial charge in [-0.15, -0.1) is 10.2 Å². The van der Waals surface area contributed by atoms with Gasteiger partial charge in [0, 0.05) is 11.4 Å². The van der Waals surface area contributed by atoms with Crippen molar-refractivity contribution in [3.8, 4) is 22.8 Å². The second-order valence-electron chi connectivity index (χ2n) is 5.90. The molecule has 1 aliphatic heterocycles. The number of hydrogen-bond donors (Lipinski definition) is 1. The number of methoxy groups -OCH3 is 1. The first kappa shape index (κ1) is 17.4. The molecular weight excluding hydrogens is 364 g/mol. The Bertz CT molecular complexity index is 945. The van der Waals surface area contributed by atoms with E-state index in [1.54, 1.807) is 7.11 Å². The normalized spacial score (nSPS) is 16.0. The first-order valence-corrected chi connectivity index (χ1v) is 9.46. The lowest BCUT2D eigenvalue weighted by Crippen LogP contribution is -2.17. The molecule has 8 heteroatoms. The fourth-order valence-electron chi connectivity index (χ4n) is 2.87. The number of hydrogen-bond acceptors (Lipinski definition) is 6. The van der Waals surface area contributed by atoms with Gasteiger partial charge in [0.25, 0.3) is 0 Å². The highest BCUT2D eigenvalue weighted by Crippen LogP contribution is 2.33. The van der Waals surface area contributed by atoms with Crippen molar-refractivity contribution in [2.24, 2.45) is 0 Å². The molecule has 1 atom stereocenters. The average molecular weight is 382 g/mol. The Kier molecular flexibility index (Phi) is 4.97. The van der Waals surface area contributed by atoms with Crippen molar-refractivity contribution in [3.63, 3.8) is 0 Å². The van der Waals surface area contributed by atoms with Crippen LogP contribution in [0.4, 0.5) is 4.79 Å². The summed E-state index contributed by atoms with van der Waals surface area (Å²) in [5.41, 5.74) is 1.81. The minimum absolute atomic E-state index is 0.182. The number of ether oxygens (including phenoxy) is 2. The van der Waals surface area contributed by atoms with E-state index in [0.717, 1.165) is 22.2 Å². The van der Waals surface area contributed by atoms with E-state index in [1.165, 1.54) is 11.8 Å². The predicted octanol–water partition coefficient (Wildman–Crippen LogP) is 3.14. The van der Waals surface area contributed by atoms with Crippen molar-refractivity contribution in [2.45, 2.75) is 11.3 Å². The number of benzene rings is 2. The van der Waals surface area contributed by atoms with Crippen molar-refractivity contribution < 1.29 is 14.3 Å². The van der Waals surface area contributed by atoms with Crippen LogP contribution in [-0.2, 0) is 4.74 Å². The molecule has 1 N–H and O–H groups in total. The molecule has 0 spiro atoms. The Morgan fingerprint density at radius 1 is 1.19 bits per heavy atom. The summed E-state index contributed by atoms with van der Waals surface area (Å²) in [5.74, 6) is 2.02. The summed E-state index contributed by atoms with van der Waals surface area (Å²) in [4.78, 5) is 11.2. The molecule has 0 aliphatic carbocycles. The first-order valence-electron chi connectivity index (χ1n) is 8.48. The van der Waals surface area contributed by atoms with E-state index in [4.69, 9.17) is 9.47 Å². The van der Waals surface area contributed by atoms with Crippen LogP contribution in [0.25, 0.3) is 17.1 Å². The fraction of sp³-hybridized carbons (Fsp3) is 0.211. The van der Waals surface area contributed by atoms with Crippen LogP contribution >= 0.6 is 11.8 Å². The number of thioether (sulfide) groups is 1. The second kappa shape index (κ2) is 7.71. The zero-order chi connectivity index (χ0) is 18.6. The second-order valence-corrected chi connectivity index (χ2v) is 6.88. The molecule has 0 unspecified atom stereocenters. The molecule has 1 aliphatic rings. The quantitative estimate of drug-likeness (QED) is 0.660. The smallest absolute Gasteiger partial charge is 0.407 e. The minimum atomic E-state index is -0.375. The molecule has 4 rings (SSSR count). The largest absolute Gasteiger partial charge is 0.496 e. The van der Waals surface area contributed by atoms with Gasteiger partial charge in [0.1, 0.15) is 11.9 Å². The Hall–Kier alpha value is -3.00. The lowest BCUT2D eigenvalue weighted by Gasteiger charge is -2.13. The third-order valence-corrected chi connectivity index (χ3v) is 5.20. The molecule has 2 aromatic carbocycles. The van der Waals surface area contributed by atoms with Crippen LogP contribution in [0.2, 0.25) is 0 Å². The molecule has 3 aromatic rings. The molecule has 0 bridgehead atoms. The zero-order valence-corrected chi connectivity index (χ0v) is 15.5. The number of carbonyl (C=O) groups excluding carboxylic acids is 1. The third kappa shape index (κ3) is 3.61. The van der Waals surface area contributed by atoms with Crippen LogP contribution in [0, 0.1) is 0 Å². The average Bonchev–Trinajstić information content (AvgIpc) is 3.33. The molecule has 138 valence electrons. The standard InChI is InChI=1S/C19H18N4O3S/c1-25-16-10-6-5-9-15(16)17-21-22-18(23(17)13-7-3-2-4-8-13)27-12-14-11-20-19(24)26-14/h2-10,14H,11-12H2,1H3,(H,20,24)/t14-/m0/s1. The number of amides is 1. The van der Waals surface area contributed by atoms with Gasteiger partial charge in [-0.05, 0) is 24.3 Å². The Morgan fingerprint density at radius 3 is 2.70 bits per heavy atom. The summed E-state index contributed by atoms with van der Waals surface area (Å²) in [6.45, 7) is 0.505. The maximum Gasteiger partial charge on any atom is 0.407 e. The van der Waals surface area contributed by atoms with Gasteiger partial charge in [-0.25, -0.2) is 4.79 Å². The maximum atomic E-state index is 11.2. The van der Waals surface area contributed by atoms with Gasteiger partial charge in [0.2, 0.25) is 0 Å². The Balaban J connectivity index is 1.72. The van der Waals surface area contributed by atoms with Crippen LogP contribution < -0.4 is 10.1 Å². The molecule has 1 saturated heterocycles. The highest BCUT2D eigenvalue weighted by Gasteiger charge is 2.25. The highest BCUT2D eigenvalue weighted by atomic mass is 32.2. The SMILES string of the molecule is COc1ccccc1-c1nnc(SC[C@@H]2CNC(=O)O2)n1-c1ccccc1. The number of cyclic esters (lactones) is 1. The number of rotatable bonds is 6. The van der Waals surface area contributed by atoms with Gasteiger partial charge >= 0.3 is 6.09 Å². The summed E-state index contributed by atoms with van der Waals surface area (Å²) >= 11 is 1.50. The lowest BCUT2D eigenvalue weighted by atomic mass is 10.2. The van der Waals surface area contributed by atoms with Crippen molar-refractivity contribution in [3.05, 3.63) is 54.6 Å². The third-order valence-electron chi connectivity index (χ3n) is 4.14. The van der Waals surface area contributed by atoms with Gasteiger partial charge in [-0.2, -0.15) is 0 Å². The van der Waals surface area contributed by atoms with E-state index < -0.39 is 0 Å². The van der Waals surface area contributed by atoms with Crippen molar-refractivity contribution in [1.82, 2.24) is 20.1 Å². The molecule has 27 heavy (non-hydrogen) atoms. The lowest BCUT2D eigenvalue weighted by molar-refractivity contribution is 0.150. The van der Waals surface area contributed by atoms with Crippen LogP contribution in [-0.4, -0.2) is 46.4 Å². The van der Waals surface area contributed by atoms with Gasteiger partial charge in [0.15, 0.2) is 11.0 Å². The van der Waals surface area contributed by atoms with E-state index in [0.29, 0.717) is 18.1 Å². The van der Waals surface area contributed by atoms with Crippen LogP contribution in [0.3, 0.4) is 0 Å². The summed E-state index contributed by atoms with van der Waals surface area (Å²) in [5, 5.41) is 12.2. The van der Waals surface area contributed by atoms with E-state index >= 15 is 0 Å². The summed E-state index contributed by atoms with van der Waals surface area (Å²) in [6.07, 6.45) is -0.557. The molecule has 7 nitrogen and oxygen atoms in total. The van der Waals surface area contributed by atoms with Crippen LogP contribution in [0.1, 0.15) is 0 Å². The number of para-hydroxylation sites is 2. The Labute approximate surface area is 160 Å². The monoisotopic (exact) mass is 382 g/mol. The molecule has 1 fully saturated rings. The summed E-state index contributed by atoms with van der Waals surface area (Å²) in [6, 6.07) is 17.6. The maximum absolute atomic E-state index is 11.2. The van der Waals surface area contributed by atoms with Crippen molar-refractivity contribution in [2.75, 3.05) is 19.4 Å². The molecule has 2 heterocycles. The molecule has 1 aromatic heterocycles. The van der Waals surface area contributed by atoms with E-state index in [9.17, 15) is 4.79 Å². The summed E-state index contributed by atoms with van der Waals surface area (Å²) in [7, 11) is 1.64.